The van der Waals surface area contributed by atoms with Crippen LogP contribution in [0.1, 0.15) is 10.4 Å². The maximum Gasteiger partial charge on any atom is 0.257 e. The molecule has 7 nitrogen and oxygen atoms in total. The summed E-state index contributed by atoms with van der Waals surface area (Å²) in [5, 5.41) is 5.86. The van der Waals surface area contributed by atoms with Crippen LogP contribution in [0.25, 0.3) is 22.6 Å². The molecule has 0 radical (unpaired) electrons. The normalized spacial score (nSPS) is 12.1. The van der Waals surface area contributed by atoms with E-state index in [-0.39, 0.29) is 22.8 Å². The lowest BCUT2D eigenvalue weighted by atomic mass is 10.2. The molecule has 1 aliphatic rings. The van der Waals surface area contributed by atoms with Crippen molar-refractivity contribution in [3.8, 4) is 23.0 Å². The van der Waals surface area contributed by atoms with Crippen molar-refractivity contribution in [3.05, 3.63) is 71.0 Å². The van der Waals surface area contributed by atoms with Crippen molar-refractivity contribution in [2.75, 3.05) is 12.1 Å². The monoisotopic (exact) mass is 469 g/mol. The fourth-order valence-corrected chi connectivity index (χ4v) is 3.62. The number of carbonyl (C=O) groups excluding carboxylic acids is 1. The number of rotatable bonds is 3. The molecule has 160 valence electrons. The van der Waals surface area contributed by atoms with E-state index >= 15 is 0 Å². The third-order valence-electron chi connectivity index (χ3n) is 4.67. The Morgan fingerprint density at radius 2 is 1.91 bits per heavy atom. The summed E-state index contributed by atoms with van der Waals surface area (Å²) in [6, 6.07) is 14.0. The van der Waals surface area contributed by atoms with E-state index in [2.05, 4.69) is 15.6 Å². The predicted molar refractivity (Wildman–Crippen MR) is 121 cm³/mol. The lowest BCUT2D eigenvalue weighted by molar-refractivity contribution is 0.0977. The maximum absolute atomic E-state index is 13.3. The fraction of sp³-hybridized carbons (Fsp3) is 0.0455. The van der Waals surface area contributed by atoms with Gasteiger partial charge >= 0.3 is 0 Å². The third kappa shape index (κ3) is 3.95. The number of nitrogens with one attached hydrogen (secondary N) is 2. The topological polar surface area (TPSA) is 85.6 Å². The molecular formula is C22H13ClFN3O4S. The number of fused-ring (bicyclic) bond motifs is 2. The van der Waals surface area contributed by atoms with Gasteiger partial charge in [0.15, 0.2) is 22.2 Å². The van der Waals surface area contributed by atoms with Crippen LogP contribution < -0.4 is 20.1 Å². The lowest BCUT2D eigenvalue weighted by Crippen LogP contribution is -2.34. The molecular weight excluding hydrogens is 457 g/mol. The minimum absolute atomic E-state index is 0.109. The predicted octanol–water partition coefficient (Wildman–Crippen LogP) is 5.14. The van der Waals surface area contributed by atoms with Crippen molar-refractivity contribution < 1.29 is 23.1 Å². The number of hydrogen-bond donors (Lipinski definition) is 2. The molecule has 0 aliphatic carbocycles. The van der Waals surface area contributed by atoms with Gasteiger partial charge in [0, 0.05) is 11.3 Å². The Hall–Kier alpha value is -3.69. The van der Waals surface area contributed by atoms with Gasteiger partial charge in [0.25, 0.3) is 5.91 Å². The molecule has 0 unspecified atom stereocenters. The van der Waals surface area contributed by atoms with Crippen LogP contribution in [-0.4, -0.2) is 22.8 Å². The van der Waals surface area contributed by atoms with Gasteiger partial charge in [-0.3, -0.25) is 10.1 Å². The van der Waals surface area contributed by atoms with Gasteiger partial charge in [0.2, 0.25) is 12.7 Å². The quantitative estimate of drug-likeness (QED) is 0.402. The highest BCUT2D eigenvalue weighted by molar-refractivity contribution is 7.80. The van der Waals surface area contributed by atoms with E-state index in [1.54, 1.807) is 36.4 Å². The number of thiocarbonyl (C=S) groups is 1. The Morgan fingerprint density at radius 1 is 1.06 bits per heavy atom. The van der Waals surface area contributed by atoms with E-state index in [9.17, 15) is 9.18 Å². The van der Waals surface area contributed by atoms with Gasteiger partial charge in [-0.2, -0.15) is 0 Å². The van der Waals surface area contributed by atoms with Gasteiger partial charge in [-0.25, -0.2) is 9.37 Å². The summed E-state index contributed by atoms with van der Waals surface area (Å²) in [6.07, 6.45) is 0. The molecule has 4 aromatic rings. The van der Waals surface area contributed by atoms with E-state index in [0.717, 1.165) is 0 Å². The average molecular weight is 470 g/mol. The Morgan fingerprint density at radius 3 is 2.75 bits per heavy atom. The Labute approximate surface area is 191 Å². The smallest absolute Gasteiger partial charge is 0.257 e. The largest absolute Gasteiger partial charge is 0.454 e. The molecule has 2 heterocycles. The zero-order valence-electron chi connectivity index (χ0n) is 16.1. The van der Waals surface area contributed by atoms with Crippen LogP contribution in [0.5, 0.6) is 11.5 Å². The molecule has 0 spiro atoms. The number of hydrogen-bond acceptors (Lipinski definition) is 6. The van der Waals surface area contributed by atoms with E-state index in [0.29, 0.717) is 39.4 Å². The summed E-state index contributed by atoms with van der Waals surface area (Å²) < 4.78 is 29.5. The molecule has 5 rings (SSSR count). The lowest BCUT2D eigenvalue weighted by Gasteiger charge is -2.09. The number of aromatic nitrogens is 1. The minimum atomic E-state index is -0.447. The van der Waals surface area contributed by atoms with Gasteiger partial charge in [-0.05, 0) is 66.8 Å². The number of oxazole rings is 1. The Kier molecular flexibility index (Phi) is 5.12. The second-order valence-electron chi connectivity index (χ2n) is 6.80. The van der Waals surface area contributed by atoms with Crippen LogP contribution in [-0.2, 0) is 0 Å². The molecule has 1 amide bonds. The van der Waals surface area contributed by atoms with Gasteiger partial charge in [0.05, 0.1) is 10.6 Å². The molecule has 2 N–H and O–H groups in total. The summed E-state index contributed by atoms with van der Waals surface area (Å²) >= 11 is 11.3. The zero-order chi connectivity index (χ0) is 22.2. The highest BCUT2D eigenvalue weighted by Crippen LogP contribution is 2.33. The third-order valence-corrected chi connectivity index (χ3v) is 5.19. The fourth-order valence-electron chi connectivity index (χ4n) is 3.16. The molecule has 0 fully saturated rings. The average Bonchev–Trinajstić information content (AvgIpc) is 3.39. The second-order valence-corrected chi connectivity index (χ2v) is 7.62. The number of halogens is 2. The van der Waals surface area contributed by atoms with Crippen LogP contribution >= 0.6 is 23.8 Å². The van der Waals surface area contributed by atoms with Crippen molar-refractivity contribution in [3.63, 3.8) is 0 Å². The van der Waals surface area contributed by atoms with Gasteiger partial charge < -0.3 is 19.2 Å². The summed E-state index contributed by atoms with van der Waals surface area (Å²) in [5.74, 6) is 0.518. The van der Waals surface area contributed by atoms with E-state index in [1.165, 1.54) is 18.2 Å². The molecule has 0 bridgehead atoms. The first-order valence-corrected chi connectivity index (χ1v) is 10.1. The molecule has 10 heteroatoms. The molecule has 1 aliphatic heterocycles. The molecule has 32 heavy (non-hydrogen) atoms. The first kappa shape index (κ1) is 20.2. The molecule has 1 aromatic heterocycles. The van der Waals surface area contributed by atoms with Crippen molar-refractivity contribution in [1.82, 2.24) is 10.3 Å². The number of ether oxygens (including phenoxy) is 2. The van der Waals surface area contributed by atoms with E-state index in [1.807, 2.05) is 0 Å². The highest BCUT2D eigenvalue weighted by Gasteiger charge is 2.17. The summed E-state index contributed by atoms with van der Waals surface area (Å²) in [7, 11) is 0. The zero-order valence-corrected chi connectivity index (χ0v) is 17.7. The molecule has 0 saturated heterocycles. The van der Waals surface area contributed by atoms with Crippen LogP contribution in [0.15, 0.2) is 59.0 Å². The van der Waals surface area contributed by atoms with Gasteiger partial charge in [0.1, 0.15) is 11.3 Å². The summed E-state index contributed by atoms with van der Waals surface area (Å²) in [4.78, 5) is 16.9. The summed E-state index contributed by atoms with van der Waals surface area (Å²) in [6.45, 7) is 0.125. The minimum Gasteiger partial charge on any atom is -0.454 e. The number of benzene rings is 3. The molecule has 3 aromatic carbocycles. The van der Waals surface area contributed by atoms with E-state index < -0.39 is 11.7 Å². The number of anilines is 1. The Balaban J connectivity index is 1.30. The molecule has 0 atom stereocenters. The van der Waals surface area contributed by atoms with Crippen molar-refractivity contribution in [2.24, 2.45) is 0 Å². The van der Waals surface area contributed by atoms with Gasteiger partial charge in [-0.15, -0.1) is 0 Å². The van der Waals surface area contributed by atoms with Crippen LogP contribution in [0, 0.1) is 5.82 Å². The first-order chi connectivity index (χ1) is 15.5. The first-order valence-electron chi connectivity index (χ1n) is 9.34. The van der Waals surface area contributed by atoms with Gasteiger partial charge in [-0.1, -0.05) is 11.6 Å². The standard InChI is InChI=1S/C22H13ClFN3O4S/c23-15-8-12(24)2-4-14(15)21-26-16-9-13(3-6-17(16)31-21)25-22(32)27-20(28)11-1-5-18-19(7-11)30-10-29-18/h1-9H,10H2,(H2,25,27,28,32). The highest BCUT2D eigenvalue weighted by atomic mass is 35.5. The SMILES string of the molecule is O=C(NC(=S)Nc1ccc2oc(-c3ccc(F)cc3Cl)nc2c1)c1ccc2c(c1)OCO2. The molecule has 0 saturated carbocycles. The number of carbonyl (C=O) groups is 1. The maximum atomic E-state index is 13.3. The Bertz CT molecular complexity index is 1390. The van der Waals surface area contributed by atoms with Crippen LogP contribution in [0.2, 0.25) is 5.02 Å². The van der Waals surface area contributed by atoms with Crippen molar-refractivity contribution >= 4 is 51.6 Å². The summed E-state index contributed by atoms with van der Waals surface area (Å²) in [5.41, 5.74) is 2.51. The number of nitrogens with zero attached hydrogens (tertiary/aromatic N) is 1. The van der Waals surface area contributed by atoms with Crippen LogP contribution in [0.3, 0.4) is 0 Å². The van der Waals surface area contributed by atoms with Crippen LogP contribution in [0.4, 0.5) is 10.1 Å². The second kappa shape index (κ2) is 8.10. The van der Waals surface area contributed by atoms with Crippen molar-refractivity contribution in [2.45, 2.75) is 0 Å². The van der Waals surface area contributed by atoms with E-state index in [4.69, 9.17) is 37.7 Å². The number of amides is 1. The van der Waals surface area contributed by atoms with Crippen molar-refractivity contribution in [1.29, 1.82) is 0 Å².